The van der Waals surface area contributed by atoms with E-state index < -0.39 is 0 Å². The molecule has 0 aromatic heterocycles. The molecule has 1 aromatic rings. The Labute approximate surface area is 103 Å². The molecule has 94 valence electrons. The number of aryl methyl sites for hydroxylation is 1. The maximum absolute atomic E-state index is 11.1. The average molecular weight is 235 g/mol. The Kier molecular flexibility index (Phi) is 4.67. The molecule has 0 aliphatic rings. The van der Waals surface area contributed by atoms with Gasteiger partial charge in [-0.2, -0.15) is 0 Å². The lowest BCUT2D eigenvalue weighted by Gasteiger charge is -2.16. The molecule has 17 heavy (non-hydrogen) atoms. The minimum absolute atomic E-state index is 0.239. The van der Waals surface area contributed by atoms with E-state index >= 15 is 0 Å². The first kappa shape index (κ1) is 13.7. The van der Waals surface area contributed by atoms with E-state index in [1.807, 2.05) is 6.92 Å². The third-order valence-corrected chi connectivity index (χ3v) is 3.37. The van der Waals surface area contributed by atoms with Gasteiger partial charge in [0, 0.05) is 11.6 Å². The molecule has 0 radical (unpaired) electrons. The molecule has 0 aliphatic carbocycles. The van der Waals surface area contributed by atoms with Crippen LogP contribution in [0.15, 0.2) is 6.07 Å². The second-order valence-electron chi connectivity index (χ2n) is 4.16. The van der Waals surface area contributed by atoms with Crippen LogP contribution in [0.4, 0.5) is 5.69 Å². The molecule has 0 fully saturated rings. The summed E-state index contributed by atoms with van der Waals surface area (Å²) in [4.78, 5) is 10.9. The van der Waals surface area contributed by atoms with Crippen LogP contribution in [0, 0.1) is 10.1 Å². The van der Waals surface area contributed by atoms with E-state index in [1.54, 1.807) is 6.07 Å². The summed E-state index contributed by atoms with van der Waals surface area (Å²) < 4.78 is 0. The number of benzene rings is 1. The molecule has 0 heterocycles. The van der Waals surface area contributed by atoms with Gasteiger partial charge in [-0.15, -0.1) is 0 Å². The summed E-state index contributed by atoms with van der Waals surface area (Å²) in [5.74, 6) is 0. The van der Waals surface area contributed by atoms with Crippen LogP contribution < -0.4 is 0 Å². The van der Waals surface area contributed by atoms with Crippen molar-refractivity contribution in [2.45, 2.75) is 53.4 Å². The molecule has 1 aromatic carbocycles. The van der Waals surface area contributed by atoms with Crippen molar-refractivity contribution in [1.82, 2.24) is 0 Å². The van der Waals surface area contributed by atoms with E-state index in [-0.39, 0.29) is 4.92 Å². The van der Waals surface area contributed by atoms with Crippen molar-refractivity contribution in [3.05, 3.63) is 38.4 Å². The standard InChI is InChI=1S/C14H21NO2/c1-5-10-9-14(15(16)17)13(8-4)12(7-3)11(10)6-2/h9H,5-8H2,1-4H3. The third kappa shape index (κ3) is 2.48. The highest BCUT2D eigenvalue weighted by molar-refractivity contribution is 5.53. The molecule has 0 amide bonds. The summed E-state index contributed by atoms with van der Waals surface area (Å²) in [6.07, 6.45) is 3.43. The molecular weight excluding hydrogens is 214 g/mol. The van der Waals surface area contributed by atoms with Crippen molar-refractivity contribution in [3.63, 3.8) is 0 Å². The Morgan fingerprint density at radius 2 is 1.47 bits per heavy atom. The van der Waals surface area contributed by atoms with Crippen molar-refractivity contribution in [2.75, 3.05) is 0 Å². The van der Waals surface area contributed by atoms with Crippen molar-refractivity contribution in [2.24, 2.45) is 0 Å². The van der Waals surface area contributed by atoms with Gasteiger partial charge in [0.15, 0.2) is 0 Å². The van der Waals surface area contributed by atoms with Crippen LogP contribution in [0.5, 0.6) is 0 Å². The minimum Gasteiger partial charge on any atom is -0.258 e. The molecule has 0 saturated carbocycles. The van der Waals surface area contributed by atoms with Crippen LogP contribution >= 0.6 is 0 Å². The van der Waals surface area contributed by atoms with Gasteiger partial charge in [0.25, 0.3) is 5.69 Å². The smallest absolute Gasteiger partial charge is 0.258 e. The maximum Gasteiger partial charge on any atom is 0.273 e. The Morgan fingerprint density at radius 3 is 1.82 bits per heavy atom. The lowest BCUT2D eigenvalue weighted by atomic mass is 9.89. The topological polar surface area (TPSA) is 43.1 Å². The maximum atomic E-state index is 11.1. The zero-order valence-corrected chi connectivity index (χ0v) is 11.2. The number of nitro groups is 1. The van der Waals surface area contributed by atoms with Gasteiger partial charge in [0.05, 0.1) is 4.92 Å². The van der Waals surface area contributed by atoms with Crippen LogP contribution in [0.25, 0.3) is 0 Å². The van der Waals surface area contributed by atoms with Crippen LogP contribution in [-0.4, -0.2) is 4.92 Å². The fourth-order valence-corrected chi connectivity index (χ4v) is 2.61. The zero-order valence-electron chi connectivity index (χ0n) is 11.2. The fraction of sp³-hybridized carbons (Fsp3) is 0.571. The molecule has 0 bridgehead atoms. The van der Waals surface area contributed by atoms with Gasteiger partial charge in [-0.1, -0.05) is 27.7 Å². The predicted molar refractivity (Wildman–Crippen MR) is 70.6 cm³/mol. The van der Waals surface area contributed by atoms with Gasteiger partial charge in [-0.3, -0.25) is 10.1 Å². The molecule has 0 saturated heterocycles. The van der Waals surface area contributed by atoms with Gasteiger partial charge in [0.2, 0.25) is 0 Å². The third-order valence-electron chi connectivity index (χ3n) is 3.37. The molecule has 3 nitrogen and oxygen atoms in total. The Hall–Kier alpha value is -1.38. The summed E-state index contributed by atoms with van der Waals surface area (Å²) in [6, 6.07) is 1.77. The number of nitrogens with zero attached hydrogens (tertiary/aromatic N) is 1. The highest BCUT2D eigenvalue weighted by atomic mass is 16.6. The Balaban J connectivity index is 3.60. The van der Waals surface area contributed by atoms with E-state index in [4.69, 9.17) is 0 Å². The molecule has 1 rings (SSSR count). The molecule has 0 unspecified atom stereocenters. The molecule has 3 heteroatoms. The second-order valence-corrected chi connectivity index (χ2v) is 4.16. The summed E-state index contributed by atoms with van der Waals surface area (Å²) in [7, 11) is 0. The Bertz CT molecular complexity index is 425. The van der Waals surface area contributed by atoms with E-state index in [1.165, 1.54) is 11.1 Å². The van der Waals surface area contributed by atoms with Crippen LogP contribution in [0.2, 0.25) is 0 Å². The average Bonchev–Trinajstić information content (AvgIpc) is 2.35. The molecule has 0 aliphatic heterocycles. The van der Waals surface area contributed by atoms with Crippen LogP contribution in [0.1, 0.15) is 49.9 Å². The lowest BCUT2D eigenvalue weighted by Crippen LogP contribution is -2.06. The monoisotopic (exact) mass is 235 g/mol. The van der Waals surface area contributed by atoms with Crippen molar-refractivity contribution < 1.29 is 4.92 Å². The quantitative estimate of drug-likeness (QED) is 0.574. The number of hydrogen-bond acceptors (Lipinski definition) is 2. The fourth-order valence-electron chi connectivity index (χ4n) is 2.61. The predicted octanol–water partition coefficient (Wildman–Crippen LogP) is 3.84. The van der Waals surface area contributed by atoms with E-state index in [0.29, 0.717) is 5.69 Å². The largest absolute Gasteiger partial charge is 0.273 e. The van der Waals surface area contributed by atoms with Crippen molar-refractivity contribution >= 4 is 5.69 Å². The SMILES string of the molecule is CCc1cc([N+](=O)[O-])c(CC)c(CC)c1CC. The van der Waals surface area contributed by atoms with E-state index in [2.05, 4.69) is 20.8 Å². The molecule has 0 N–H and O–H groups in total. The first-order valence-corrected chi connectivity index (χ1v) is 6.41. The van der Waals surface area contributed by atoms with Gasteiger partial charge in [-0.05, 0) is 42.4 Å². The van der Waals surface area contributed by atoms with E-state index in [9.17, 15) is 10.1 Å². The molecule has 0 atom stereocenters. The number of rotatable bonds is 5. The summed E-state index contributed by atoms with van der Waals surface area (Å²) >= 11 is 0. The molecule has 0 spiro atoms. The Morgan fingerprint density at radius 1 is 0.941 bits per heavy atom. The van der Waals surface area contributed by atoms with E-state index in [0.717, 1.165) is 36.8 Å². The summed E-state index contributed by atoms with van der Waals surface area (Å²) in [6.45, 7) is 8.26. The first-order valence-electron chi connectivity index (χ1n) is 6.41. The zero-order chi connectivity index (χ0) is 13.0. The van der Waals surface area contributed by atoms with Gasteiger partial charge in [-0.25, -0.2) is 0 Å². The van der Waals surface area contributed by atoms with Crippen LogP contribution in [0.3, 0.4) is 0 Å². The normalized spacial score (nSPS) is 10.6. The first-order chi connectivity index (χ1) is 8.10. The number of hydrogen-bond donors (Lipinski definition) is 0. The highest BCUT2D eigenvalue weighted by Gasteiger charge is 2.20. The van der Waals surface area contributed by atoms with Crippen LogP contribution in [-0.2, 0) is 25.7 Å². The number of nitro benzene ring substituents is 1. The van der Waals surface area contributed by atoms with Gasteiger partial charge < -0.3 is 0 Å². The lowest BCUT2D eigenvalue weighted by molar-refractivity contribution is -0.385. The molecular formula is C14H21NO2. The summed E-state index contributed by atoms with van der Waals surface area (Å²) in [5.41, 5.74) is 4.87. The highest BCUT2D eigenvalue weighted by Crippen LogP contribution is 2.30. The van der Waals surface area contributed by atoms with Crippen molar-refractivity contribution in [3.8, 4) is 0 Å². The minimum atomic E-state index is -0.239. The summed E-state index contributed by atoms with van der Waals surface area (Å²) in [5, 5.41) is 11.1. The van der Waals surface area contributed by atoms with Gasteiger partial charge >= 0.3 is 0 Å². The van der Waals surface area contributed by atoms with Gasteiger partial charge in [0.1, 0.15) is 0 Å². The second kappa shape index (κ2) is 5.80. The van der Waals surface area contributed by atoms with Crippen molar-refractivity contribution in [1.29, 1.82) is 0 Å².